The van der Waals surface area contributed by atoms with Gasteiger partial charge in [-0.1, -0.05) is 12.1 Å². The number of aromatic nitrogens is 1. The summed E-state index contributed by atoms with van der Waals surface area (Å²) >= 11 is 0. The van der Waals surface area contributed by atoms with E-state index < -0.39 is 36.5 Å². The second-order valence-corrected chi connectivity index (χ2v) is 4.56. The van der Waals surface area contributed by atoms with Gasteiger partial charge in [-0.2, -0.15) is 8.78 Å². The molecule has 1 aliphatic rings. The van der Waals surface area contributed by atoms with Crippen LogP contribution in [0.15, 0.2) is 10.6 Å². The van der Waals surface area contributed by atoms with Crippen molar-refractivity contribution in [1.82, 2.24) is 10.1 Å². The van der Waals surface area contributed by atoms with Crippen LogP contribution in [0.3, 0.4) is 0 Å². The molecule has 0 spiro atoms. The summed E-state index contributed by atoms with van der Waals surface area (Å²) in [7, 11) is 1.44. The molecule has 1 aromatic rings. The van der Waals surface area contributed by atoms with Crippen molar-refractivity contribution < 1.29 is 27.6 Å². The Balaban J connectivity index is 2.28. The number of urea groups is 1. The number of carbonyl (C=O) groups excluding carboxylic acids is 1. The van der Waals surface area contributed by atoms with Crippen molar-refractivity contribution in [2.24, 2.45) is 0 Å². The number of halogens is 3. The Labute approximate surface area is 112 Å². The van der Waals surface area contributed by atoms with E-state index in [1.54, 1.807) is 0 Å². The molecule has 1 saturated heterocycles. The third-order valence-corrected chi connectivity index (χ3v) is 3.09. The van der Waals surface area contributed by atoms with Crippen LogP contribution in [0.2, 0.25) is 0 Å². The topological polar surface area (TPSA) is 69.8 Å². The maximum atomic E-state index is 13.6. The number of rotatable bonds is 4. The van der Waals surface area contributed by atoms with E-state index >= 15 is 0 Å². The van der Waals surface area contributed by atoms with Crippen molar-refractivity contribution in [3.05, 3.63) is 11.8 Å². The SMILES string of the molecule is CCC(F)C(F)(F)c1cc(N2C(=O)N(C)CC2O)no1. The van der Waals surface area contributed by atoms with Crippen molar-refractivity contribution in [2.75, 3.05) is 18.5 Å². The summed E-state index contributed by atoms with van der Waals surface area (Å²) in [5.74, 6) is -5.08. The van der Waals surface area contributed by atoms with E-state index in [1.165, 1.54) is 18.9 Å². The van der Waals surface area contributed by atoms with Gasteiger partial charge in [0.2, 0.25) is 5.76 Å². The minimum Gasteiger partial charge on any atom is -0.371 e. The molecule has 20 heavy (non-hydrogen) atoms. The van der Waals surface area contributed by atoms with Crippen molar-refractivity contribution in [1.29, 1.82) is 0 Å². The van der Waals surface area contributed by atoms with Crippen LogP contribution in [-0.2, 0) is 5.92 Å². The van der Waals surface area contributed by atoms with Crippen LogP contribution in [0.4, 0.5) is 23.8 Å². The van der Waals surface area contributed by atoms with E-state index in [1.807, 2.05) is 0 Å². The first-order valence-corrected chi connectivity index (χ1v) is 6.00. The number of β-amino-alcohol motifs (C(OH)–C–C–N with tert-alkyl or cyclic N) is 1. The normalized spacial score (nSPS) is 21.7. The van der Waals surface area contributed by atoms with E-state index in [2.05, 4.69) is 9.68 Å². The van der Waals surface area contributed by atoms with Crippen LogP contribution in [-0.4, -0.2) is 47.2 Å². The van der Waals surface area contributed by atoms with Crippen LogP contribution in [0.1, 0.15) is 19.1 Å². The lowest BCUT2D eigenvalue weighted by molar-refractivity contribution is -0.0986. The van der Waals surface area contributed by atoms with E-state index in [0.717, 1.165) is 11.0 Å². The summed E-state index contributed by atoms with van der Waals surface area (Å²) < 4.78 is 44.9. The Bertz CT molecular complexity index is 508. The van der Waals surface area contributed by atoms with Gasteiger partial charge >= 0.3 is 12.0 Å². The van der Waals surface area contributed by atoms with Crippen LogP contribution in [0.5, 0.6) is 0 Å². The molecule has 2 heterocycles. The van der Waals surface area contributed by atoms with Crippen LogP contribution in [0, 0.1) is 0 Å². The van der Waals surface area contributed by atoms with Gasteiger partial charge < -0.3 is 14.5 Å². The molecule has 1 fully saturated rings. The minimum absolute atomic E-state index is 0.0120. The Morgan fingerprint density at radius 1 is 1.65 bits per heavy atom. The standard InChI is InChI=1S/C11H14F3N3O3/c1-3-6(12)11(13,14)7-4-8(15-20-7)17-9(18)5-16(2)10(17)19/h4,6,9,18H,3,5H2,1-2H3. The third-order valence-electron chi connectivity index (χ3n) is 3.09. The number of aliphatic hydroxyl groups is 1. The van der Waals surface area contributed by atoms with E-state index in [0.29, 0.717) is 0 Å². The van der Waals surface area contributed by atoms with E-state index in [9.17, 15) is 23.1 Å². The number of hydrogen-bond donors (Lipinski definition) is 1. The maximum absolute atomic E-state index is 13.6. The van der Waals surface area contributed by atoms with Gasteiger partial charge in [0.15, 0.2) is 18.2 Å². The third kappa shape index (κ3) is 2.21. The number of aliphatic hydroxyl groups excluding tert-OH is 1. The molecule has 9 heteroatoms. The molecule has 0 radical (unpaired) electrons. The second kappa shape index (κ2) is 4.97. The summed E-state index contributed by atoms with van der Waals surface area (Å²) in [6, 6.07) is 0.163. The van der Waals surface area contributed by atoms with Crippen molar-refractivity contribution >= 4 is 11.8 Å². The highest BCUT2D eigenvalue weighted by Gasteiger charge is 2.46. The average molecular weight is 293 g/mol. The number of likely N-dealkylation sites (N-methyl/N-ethyl adjacent to an activating group) is 1. The highest BCUT2D eigenvalue weighted by atomic mass is 19.3. The quantitative estimate of drug-likeness (QED) is 0.917. The summed E-state index contributed by atoms with van der Waals surface area (Å²) in [6.07, 6.45) is -4.02. The number of anilines is 1. The Hall–Kier alpha value is -1.77. The van der Waals surface area contributed by atoms with Crippen molar-refractivity contribution in [3.8, 4) is 0 Å². The summed E-state index contributed by atoms with van der Waals surface area (Å²) in [5, 5.41) is 13.0. The molecular formula is C11H14F3N3O3. The van der Waals surface area contributed by atoms with Gasteiger partial charge in [0, 0.05) is 13.1 Å². The predicted molar refractivity (Wildman–Crippen MR) is 62.1 cm³/mol. The average Bonchev–Trinajstić information content (AvgIpc) is 2.95. The first kappa shape index (κ1) is 14.6. The lowest BCUT2D eigenvalue weighted by Gasteiger charge is -2.16. The van der Waals surface area contributed by atoms with Crippen LogP contribution < -0.4 is 4.90 Å². The monoisotopic (exact) mass is 293 g/mol. The zero-order chi connectivity index (χ0) is 15.1. The van der Waals surface area contributed by atoms with Crippen LogP contribution >= 0.6 is 0 Å². The number of amides is 2. The molecule has 0 aromatic carbocycles. The van der Waals surface area contributed by atoms with Gasteiger partial charge in [0.05, 0.1) is 6.54 Å². The first-order valence-electron chi connectivity index (χ1n) is 6.00. The highest BCUT2D eigenvalue weighted by molar-refractivity contribution is 5.93. The van der Waals surface area contributed by atoms with Crippen molar-refractivity contribution in [3.63, 3.8) is 0 Å². The Kier molecular flexibility index (Phi) is 3.63. The fourth-order valence-electron chi connectivity index (χ4n) is 1.91. The molecule has 2 rings (SSSR count). The number of carbonyl (C=O) groups is 1. The summed E-state index contributed by atoms with van der Waals surface area (Å²) in [5.41, 5.74) is 0. The molecule has 0 bridgehead atoms. The summed E-state index contributed by atoms with van der Waals surface area (Å²) in [4.78, 5) is 13.7. The van der Waals surface area contributed by atoms with Crippen molar-refractivity contribution in [2.45, 2.75) is 31.7 Å². The predicted octanol–water partition coefficient (Wildman–Crippen LogP) is 1.70. The van der Waals surface area contributed by atoms with Gasteiger partial charge in [-0.3, -0.25) is 0 Å². The zero-order valence-corrected chi connectivity index (χ0v) is 10.9. The van der Waals surface area contributed by atoms with E-state index in [4.69, 9.17) is 0 Å². The van der Waals surface area contributed by atoms with E-state index in [-0.39, 0.29) is 12.4 Å². The maximum Gasteiger partial charge on any atom is 0.337 e. The fraction of sp³-hybridized carbons (Fsp3) is 0.636. The molecule has 1 aliphatic heterocycles. The highest BCUT2D eigenvalue weighted by Crippen LogP contribution is 2.37. The van der Waals surface area contributed by atoms with Gasteiger partial charge in [-0.25, -0.2) is 14.1 Å². The second-order valence-electron chi connectivity index (χ2n) is 4.56. The zero-order valence-electron chi connectivity index (χ0n) is 10.9. The first-order chi connectivity index (χ1) is 9.28. The smallest absolute Gasteiger partial charge is 0.337 e. The molecule has 6 nitrogen and oxygen atoms in total. The fourth-order valence-corrected chi connectivity index (χ4v) is 1.91. The molecule has 1 N–H and O–H groups in total. The lowest BCUT2D eigenvalue weighted by Crippen LogP contribution is -2.34. The number of alkyl halides is 3. The Morgan fingerprint density at radius 2 is 2.30 bits per heavy atom. The van der Waals surface area contributed by atoms with Gasteiger partial charge in [0.25, 0.3) is 0 Å². The molecule has 2 unspecified atom stereocenters. The van der Waals surface area contributed by atoms with Crippen LogP contribution in [0.25, 0.3) is 0 Å². The molecule has 2 atom stereocenters. The Morgan fingerprint density at radius 3 is 2.80 bits per heavy atom. The minimum atomic E-state index is -3.83. The summed E-state index contributed by atoms with van der Waals surface area (Å²) in [6.45, 7) is 1.29. The van der Waals surface area contributed by atoms with Gasteiger partial charge in [0.1, 0.15) is 0 Å². The molecule has 0 aliphatic carbocycles. The molecule has 112 valence electrons. The molecular weight excluding hydrogens is 279 g/mol. The molecule has 1 aromatic heterocycles. The number of hydrogen-bond acceptors (Lipinski definition) is 4. The molecule has 2 amide bonds. The largest absolute Gasteiger partial charge is 0.371 e. The van der Waals surface area contributed by atoms with Gasteiger partial charge in [-0.05, 0) is 6.42 Å². The lowest BCUT2D eigenvalue weighted by atomic mass is 10.1. The molecule has 0 saturated carbocycles. The van der Waals surface area contributed by atoms with Gasteiger partial charge in [-0.15, -0.1) is 0 Å². The number of nitrogens with zero attached hydrogens (tertiary/aromatic N) is 3.